The molecular formula is C7H6ClFO2. The zero-order valence-corrected chi connectivity index (χ0v) is 6.27. The summed E-state index contributed by atoms with van der Waals surface area (Å²) in [5.74, 6) is -0.942. The van der Waals surface area contributed by atoms with Crippen molar-refractivity contribution >= 4 is 11.6 Å². The minimum Gasteiger partial charge on any atom is -0.508 e. The molecule has 0 aliphatic carbocycles. The highest BCUT2D eigenvalue weighted by Crippen LogP contribution is 2.24. The lowest BCUT2D eigenvalue weighted by Gasteiger charge is -2.01. The molecule has 0 atom stereocenters. The van der Waals surface area contributed by atoms with Gasteiger partial charge >= 0.3 is 0 Å². The highest BCUT2D eigenvalue weighted by atomic mass is 35.5. The fourth-order valence-corrected chi connectivity index (χ4v) is 1.00. The maximum atomic E-state index is 12.7. The van der Waals surface area contributed by atoms with Crippen LogP contribution in [0.25, 0.3) is 0 Å². The number of aliphatic hydroxyl groups is 1. The molecule has 0 amide bonds. The van der Waals surface area contributed by atoms with Gasteiger partial charge in [0.25, 0.3) is 0 Å². The number of benzene rings is 1. The molecule has 0 unspecified atom stereocenters. The van der Waals surface area contributed by atoms with E-state index in [0.717, 1.165) is 6.07 Å². The van der Waals surface area contributed by atoms with Crippen LogP contribution >= 0.6 is 11.6 Å². The topological polar surface area (TPSA) is 40.5 Å². The minimum absolute atomic E-state index is 0.00414. The summed E-state index contributed by atoms with van der Waals surface area (Å²) >= 11 is 5.47. The quantitative estimate of drug-likeness (QED) is 0.684. The lowest BCUT2D eigenvalue weighted by molar-refractivity contribution is 0.275. The second-order valence-corrected chi connectivity index (χ2v) is 2.45. The van der Waals surface area contributed by atoms with Crippen molar-refractivity contribution in [2.24, 2.45) is 0 Å². The largest absolute Gasteiger partial charge is 0.508 e. The van der Waals surface area contributed by atoms with Crippen LogP contribution in [0.4, 0.5) is 4.39 Å². The van der Waals surface area contributed by atoms with Crippen molar-refractivity contribution in [3.63, 3.8) is 0 Å². The molecule has 60 valence electrons. The molecule has 2 nitrogen and oxygen atoms in total. The highest BCUT2D eigenvalue weighted by Gasteiger charge is 2.07. The van der Waals surface area contributed by atoms with Gasteiger partial charge in [0.15, 0.2) is 0 Å². The Kier molecular flexibility index (Phi) is 2.31. The normalized spacial score (nSPS) is 10.1. The molecule has 0 saturated carbocycles. The first kappa shape index (κ1) is 8.30. The molecule has 0 spiro atoms. The van der Waals surface area contributed by atoms with Crippen molar-refractivity contribution < 1.29 is 14.6 Å². The zero-order chi connectivity index (χ0) is 8.43. The Balaban J connectivity index is 3.25. The number of hydrogen-bond acceptors (Lipinski definition) is 2. The number of hydrogen-bond donors (Lipinski definition) is 2. The smallest absolute Gasteiger partial charge is 0.133 e. The van der Waals surface area contributed by atoms with Crippen LogP contribution in [0.1, 0.15) is 5.56 Å². The van der Waals surface area contributed by atoms with Crippen LogP contribution in [0.3, 0.4) is 0 Å². The number of phenolic OH excluding ortho intramolecular Hbond substituents is 1. The Morgan fingerprint density at radius 1 is 1.45 bits per heavy atom. The highest BCUT2D eigenvalue weighted by molar-refractivity contribution is 6.31. The molecule has 1 rings (SSSR count). The van der Waals surface area contributed by atoms with Crippen LogP contribution in [0, 0.1) is 5.82 Å². The van der Waals surface area contributed by atoms with Crippen molar-refractivity contribution in [2.75, 3.05) is 0 Å². The summed E-state index contributed by atoms with van der Waals surface area (Å²) in [6.07, 6.45) is 0. The fourth-order valence-electron chi connectivity index (χ4n) is 0.741. The molecule has 0 heterocycles. The first-order valence-electron chi connectivity index (χ1n) is 2.93. The second kappa shape index (κ2) is 3.07. The van der Waals surface area contributed by atoms with Gasteiger partial charge in [-0.05, 0) is 6.07 Å². The van der Waals surface area contributed by atoms with E-state index in [1.807, 2.05) is 0 Å². The van der Waals surface area contributed by atoms with Crippen molar-refractivity contribution in [2.45, 2.75) is 6.61 Å². The maximum Gasteiger partial charge on any atom is 0.133 e. The first-order chi connectivity index (χ1) is 5.15. The summed E-state index contributed by atoms with van der Waals surface area (Å²) in [4.78, 5) is 0. The average Bonchev–Trinajstić information content (AvgIpc) is 1.85. The van der Waals surface area contributed by atoms with Gasteiger partial charge in [0.1, 0.15) is 11.6 Å². The molecule has 0 saturated heterocycles. The second-order valence-electron chi connectivity index (χ2n) is 2.05. The molecule has 4 heteroatoms. The molecule has 0 aliphatic rings. The predicted molar refractivity (Wildman–Crippen MR) is 39.0 cm³/mol. The molecule has 0 radical (unpaired) electrons. The third-order valence-electron chi connectivity index (χ3n) is 1.28. The Bertz CT molecular complexity index is 252. The third kappa shape index (κ3) is 1.61. The van der Waals surface area contributed by atoms with E-state index in [0.29, 0.717) is 0 Å². The molecule has 1 aromatic rings. The number of phenols is 1. The van der Waals surface area contributed by atoms with E-state index in [9.17, 15) is 4.39 Å². The monoisotopic (exact) mass is 176 g/mol. The van der Waals surface area contributed by atoms with Crippen LogP contribution in [0.5, 0.6) is 5.75 Å². The molecule has 0 aliphatic heterocycles. The Morgan fingerprint density at radius 2 is 2.09 bits per heavy atom. The molecule has 0 aromatic heterocycles. The summed E-state index contributed by atoms with van der Waals surface area (Å²) in [6, 6.07) is 2.08. The molecule has 0 bridgehead atoms. The standard InChI is InChI=1S/C7H6ClFO2/c8-6-1-4(11)2-7(9)5(6)3-10/h1-2,10-11H,3H2. The Morgan fingerprint density at radius 3 is 2.55 bits per heavy atom. The van der Waals surface area contributed by atoms with Gasteiger partial charge in [-0.3, -0.25) is 0 Å². The van der Waals surface area contributed by atoms with Crippen molar-refractivity contribution in [3.8, 4) is 5.75 Å². The minimum atomic E-state index is -0.697. The van der Waals surface area contributed by atoms with Gasteiger partial charge in [-0.2, -0.15) is 0 Å². The molecule has 0 fully saturated rings. The van der Waals surface area contributed by atoms with Crippen molar-refractivity contribution in [1.29, 1.82) is 0 Å². The summed E-state index contributed by atoms with van der Waals surface area (Å²) in [5.41, 5.74) is 0.00414. The lowest BCUT2D eigenvalue weighted by Crippen LogP contribution is -1.90. The van der Waals surface area contributed by atoms with Gasteiger partial charge in [-0.1, -0.05) is 11.6 Å². The van der Waals surface area contributed by atoms with Crippen LogP contribution in [0.2, 0.25) is 5.02 Å². The van der Waals surface area contributed by atoms with E-state index in [1.54, 1.807) is 0 Å². The lowest BCUT2D eigenvalue weighted by atomic mass is 10.2. The van der Waals surface area contributed by atoms with Crippen molar-refractivity contribution in [1.82, 2.24) is 0 Å². The summed E-state index contributed by atoms with van der Waals surface area (Å²) in [6.45, 7) is -0.467. The van der Waals surface area contributed by atoms with Gasteiger partial charge in [-0.25, -0.2) is 4.39 Å². The summed E-state index contributed by atoms with van der Waals surface area (Å²) in [5, 5.41) is 17.4. The SMILES string of the molecule is OCc1c(F)cc(O)cc1Cl. The van der Waals surface area contributed by atoms with Crippen LogP contribution < -0.4 is 0 Å². The van der Waals surface area contributed by atoms with Crippen LogP contribution in [-0.4, -0.2) is 10.2 Å². The molecule has 11 heavy (non-hydrogen) atoms. The van der Waals surface area contributed by atoms with E-state index < -0.39 is 12.4 Å². The maximum absolute atomic E-state index is 12.7. The van der Waals surface area contributed by atoms with E-state index in [-0.39, 0.29) is 16.3 Å². The van der Waals surface area contributed by atoms with Crippen molar-refractivity contribution in [3.05, 3.63) is 28.5 Å². The van der Waals surface area contributed by atoms with E-state index in [2.05, 4.69) is 0 Å². The van der Waals surface area contributed by atoms with Crippen LogP contribution in [0.15, 0.2) is 12.1 Å². The van der Waals surface area contributed by atoms with E-state index in [4.69, 9.17) is 21.8 Å². The summed E-state index contributed by atoms with van der Waals surface area (Å²) in [7, 11) is 0. The van der Waals surface area contributed by atoms with Gasteiger partial charge in [-0.15, -0.1) is 0 Å². The number of aromatic hydroxyl groups is 1. The van der Waals surface area contributed by atoms with E-state index >= 15 is 0 Å². The molecule has 2 N–H and O–H groups in total. The number of rotatable bonds is 1. The average molecular weight is 177 g/mol. The summed E-state index contributed by atoms with van der Waals surface area (Å²) < 4.78 is 12.7. The zero-order valence-electron chi connectivity index (χ0n) is 5.51. The van der Waals surface area contributed by atoms with E-state index in [1.165, 1.54) is 6.07 Å². The van der Waals surface area contributed by atoms with Gasteiger partial charge < -0.3 is 10.2 Å². The Labute approximate surface area is 67.9 Å². The Hall–Kier alpha value is -0.800. The fraction of sp³-hybridized carbons (Fsp3) is 0.143. The van der Waals surface area contributed by atoms with Gasteiger partial charge in [0.2, 0.25) is 0 Å². The van der Waals surface area contributed by atoms with Gasteiger partial charge in [0, 0.05) is 11.6 Å². The molecule has 1 aromatic carbocycles. The third-order valence-corrected chi connectivity index (χ3v) is 1.62. The number of aliphatic hydroxyl groups excluding tert-OH is 1. The molecular weight excluding hydrogens is 171 g/mol. The van der Waals surface area contributed by atoms with Gasteiger partial charge in [0.05, 0.1) is 11.6 Å². The first-order valence-corrected chi connectivity index (χ1v) is 3.30. The van der Waals surface area contributed by atoms with Crippen LogP contribution in [-0.2, 0) is 6.61 Å². The predicted octanol–water partition coefficient (Wildman–Crippen LogP) is 1.68. The number of halogens is 2.